The van der Waals surface area contributed by atoms with E-state index in [1.54, 1.807) is 0 Å². The summed E-state index contributed by atoms with van der Waals surface area (Å²) < 4.78 is 10.8. The summed E-state index contributed by atoms with van der Waals surface area (Å²) in [6.07, 6.45) is 1.49. The van der Waals surface area contributed by atoms with Gasteiger partial charge in [-0.2, -0.15) is 0 Å². The minimum atomic E-state index is -0.855. The molecular weight excluding hydrogens is 448 g/mol. The average Bonchev–Trinajstić information content (AvgIpc) is 3.41. The second kappa shape index (κ2) is 11.4. The van der Waals surface area contributed by atoms with Crippen LogP contribution in [0.3, 0.4) is 0 Å². The van der Waals surface area contributed by atoms with Gasteiger partial charge in [-0.3, -0.25) is 9.59 Å². The number of carbonyl (C=O) groups is 3. The van der Waals surface area contributed by atoms with Crippen LogP contribution >= 0.6 is 0 Å². The average molecular weight is 481 g/mol. The summed E-state index contributed by atoms with van der Waals surface area (Å²) in [5.74, 6) is -1.22. The van der Waals surface area contributed by atoms with Crippen molar-refractivity contribution in [3.05, 3.63) is 59.7 Å². The Kier molecular flexibility index (Phi) is 8.02. The zero-order valence-electron chi connectivity index (χ0n) is 19.9. The van der Waals surface area contributed by atoms with E-state index >= 15 is 0 Å². The molecule has 4 rings (SSSR count). The van der Waals surface area contributed by atoms with Crippen LogP contribution in [0.4, 0.5) is 4.79 Å². The molecule has 1 unspecified atom stereocenters. The lowest BCUT2D eigenvalue weighted by Gasteiger charge is -2.23. The lowest BCUT2D eigenvalue weighted by Crippen LogP contribution is -2.45. The van der Waals surface area contributed by atoms with E-state index in [1.165, 1.54) is 18.2 Å². The fraction of sp³-hybridized carbons (Fsp3) is 0.444. The third-order valence-corrected chi connectivity index (χ3v) is 7.02. The van der Waals surface area contributed by atoms with Crippen molar-refractivity contribution < 1.29 is 29.0 Å². The molecule has 2 aliphatic carbocycles. The van der Waals surface area contributed by atoms with Gasteiger partial charge in [-0.05, 0) is 41.0 Å². The molecule has 8 nitrogen and oxygen atoms in total. The number of carboxylic acid groups (broad SMARTS) is 1. The molecule has 8 heteroatoms. The Morgan fingerprint density at radius 1 is 1.03 bits per heavy atom. The van der Waals surface area contributed by atoms with E-state index in [0.29, 0.717) is 0 Å². The van der Waals surface area contributed by atoms with Gasteiger partial charge in [0.05, 0.1) is 6.42 Å². The van der Waals surface area contributed by atoms with E-state index in [9.17, 15) is 14.4 Å². The summed E-state index contributed by atoms with van der Waals surface area (Å²) in [6, 6.07) is 16.1. The Balaban J connectivity index is 1.24. The summed E-state index contributed by atoms with van der Waals surface area (Å²) in [4.78, 5) is 36.1. The molecule has 2 aromatic rings. The summed E-state index contributed by atoms with van der Waals surface area (Å²) in [6.45, 7) is 0.437. The number of methoxy groups -OCH3 is 1. The maximum atomic E-state index is 12.6. The highest BCUT2D eigenvalue weighted by Crippen LogP contribution is 2.44. The molecule has 1 saturated carbocycles. The third kappa shape index (κ3) is 5.82. The zero-order valence-corrected chi connectivity index (χ0v) is 19.9. The SMILES string of the molecule is COC(CCNC(=O)OCC1c2ccccc2-c2ccccc21)C(=O)N[C@@H]1CCC[C@H]1CC(=O)O. The third-order valence-electron chi connectivity index (χ3n) is 7.02. The molecule has 0 saturated heterocycles. The van der Waals surface area contributed by atoms with E-state index in [2.05, 4.69) is 34.9 Å². The van der Waals surface area contributed by atoms with Crippen molar-refractivity contribution in [3.63, 3.8) is 0 Å². The first-order valence-electron chi connectivity index (χ1n) is 12.1. The molecule has 0 aliphatic heterocycles. The smallest absolute Gasteiger partial charge is 0.407 e. The van der Waals surface area contributed by atoms with E-state index < -0.39 is 18.2 Å². The molecule has 0 bridgehead atoms. The highest BCUT2D eigenvalue weighted by atomic mass is 16.5. The summed E-state index contributed by atoms with van der Waals surface area (Å²) in [5.41, 5.74) is 4.62. The molecule has 3 N–H and O–H groups in total. The van der Waals surface area contributed by atoms with Crippen LogP contribution in [0.25, 0.3) is 11.1 Å². The molecule has 2 aromatic carbocycles. The van der Waals surface area contributed by atoms with Crippen LogP contribution in [0.5, 0.6) is 0 Å². The minimum Gasteiger partial charge on any atom is -0.481 e. The van der Waals surface area contributed by atoms with Crippen LogP contribution in [0.1, 0.15) is 49.1 Å². The molecule has 186 valence electrons. The van der Waals surface area contributed by atoms with E-state index in [0.717, 1.165) is 30.4 Å². The Morgan fingerprint density at radius 3 is 2.31 bits per heavy atom. The van der Waals surface area contributed by atoms with Gasteiger partial charge in [-0.1, -0.05) is 55.0 Å². The van der Waals surface area contributed by atoms with Gasteiger partial charge in [0.2, 0.25) is 5.91 Å². The topological polar surface area (TPSA) is 114 Å². The first kappa shape index (κ1) is 24.7. The molecule has 2 amide bonds. The number of aliphatic carboxylic acids is 1. The van der Waals surface area contributed by atoms with Crippen molar-refractivity contribution in [2.45, 2.75) is 50.2 Å². The number of fused-ring (bicyclic) bond motifs is 3. The lowest BCUT2D eigenvalue weighted by molar-refractivity contribution is -0.139. The van der Waals surface area contributed by atoms with Gasteiger partial charge >= 0.3 is 12.1 Å². The fourth-order valence-electron chi connectivity index (χ4n) is 5.28. The first-order valence-corrected chi connectivity index (χ1v) is 12.1. The number of hydrogen-bond donors (Lipinski definition) is 3. The number of ether oxygens (including phenoxy) is 2. The van der Waals surface area contributed by atoms with Gasteiger partial charge < -0.3 is 25.2 Å². The first-order chi connectivity index (χ1) is 17.0. The van der Waals surface area contributed by atoms with Crippen LogP contribution in [-0.4, -0.2) is 55.5 Å². The van der Waals surface area contributed by atoms with Gasteiger partial charge in [-0.15, -0.1) is 0 Å². The molecule has 3 atom stereocenters. The molecule has 0 radical (unpaired) electrons. The Labute approximate surface area is 205 Å². The maximum Gasteiger partial charge on any atom is 0.407 e. The van der Waals surface area contributed by atoms with Crippen molar-refractivity contribution in [3.8, 4) is 11.1 Å². The number of alkyl carbamates (subject to hydrolysis) is 1. The molecule has 1 fully saturated rings. The Bertz CT molecular complexity index is 1030. The summed E-state index contributed by atoms with van der Waals surface area (Å²) in [7, 11) is 1.45. The highest BCUT2D eigenvalue weighted by Gasteiger charge is 2.32. The Morgan fingerprint density at radius 2 is 1.69 bits per heavy atom. The molecule has 35 heavy (non-hydrogen) atoms. The predicted octanol–water partition coefficient (Wildman–Crippen LogP) is 3.69. The van der Waals surface area contributed by atoms with E-state index in [4.69, 9.17) is 14.6 Å². The fourth-order valence-corrected chi connectivity index (χ4v) is 5.28. The summed E-state index contributed by atoms with van der Waals surface area (Å²) >= 11 is 0. The number of carboxylic acids is 1. The number of carbonyl (C=O) groups excluding carboxylic acids is 2. The molecule has 0 heterocycles. The zero-order chi connectivity index (χ0) is 24.8. The number of benzene rings is 2. The van der Waals surface area contributed by atoms with Gasteiger partial charge in [-0.25, -0.2) is 4.79 Å². The molecule has 2 aliphatic rings. The standard InChI is InChI=1S/C27H32N2O6/c1-34-24(26(32)29-23-12-6-7-17(23)15-25(30)31)13-14-28-27(33)35-16-22-20-10-4-2-8-18(20)19-9-3-5-11-21(19)22/h2-5,8-11,17,22-24H,6-7,12-16H2,1H3,(H,28,33)(H,29,32)(H,30,31)/t17-,23+,24?/m0/s1. The summed E-state index contributed by atoms with van der Waals surface area (Å²) in [5, 5.41) is 14.7. The molecule has 0 aromatic heterocycles. The van der Waals surface area contributed by atoms with Crippen molar-refractivity contribution in [2.75, 3.05) is 20.3 Å². The lowest BCUT2D eigenvalue weighted by atomic mass is 9.98. The second-order valence-corrected chi connectivity index (χ2v) is 9.17. The van der Waals surface area contributed by atoms with Crippen molar-refractivity contribution >= 4 is 18.0 Å². The number of nitrogens with one attached hydrogen (secondary N) is 2. The van der Waals surface area contributed by atoms with Gasteiger partial charge in [0.1, 0.15) is 12.7 Å². The van der Waals surface area contributed by atoms with Gasteiger partial charge in [0.15, 0.2) is 0 Å². The van der Waals surface area contributed by atoms with Crippen molar-refractivity contribution in [1.82, 2.24) is 10.6 Å². The number of rotatable bonds is 10. The molecule has 0 spiro atoms. The minimum absolute atomic E-state index is 0.0178. The number of hydrogen-bond acceptors (Lipinski definition) is 5. The van der Waals surface area contributed by atoms with E-state index in [1.807, 2.05) is 24.3 Å². The normalized spacial score (nSPS) is 19.5. The largest absolute Gasteiger partial charge is 0.481 e. The second-order valence-electron chi connectivity index (χ2n) is 9.17. The Hall–Kier alpha value is -3.39. The van der Waals surface area contributed by atoms with Crippen molar-refractivity contribution in [2.24, 2.45) is 5.92 Å². The van der Waals surface area contributed by atoms with E-state index in [-0.39, 0.29) is 49.8 Å². The van der Waals surface area contributed by atoms with Gasteiger partial charge in [0, 0.05) is 32.0 Å². The van der Waals surface area contributed by atoms with Crippen LogP contribution in [0.15, 0.2) is 48.5 Å². The van der Waals surface area contributed by atoms with Crippen LogP contribution in [0.2, 0.25) is 0 Å². The molecular formula is C27H32N2O6. The quantitative estimate of drug-likeness (QED) is 0.478. The monoisotopic (exact) mass is 480 g/mol. The predicted molar refractivity (Wildman–Crippen MR) is 130 cm³/mol. The highest BCUT2D eigenvalue weighted by molar-refractivity contribution is 5.81. The maximum absolute atomic E-state index is 12.6. The van der Waals surface area contributed by atoms with Crippen LogP contribution < -0.4 is 10.6 Å². The van der Waals surface area contributed by atoms with Crippen LogP contribution in [-0.2, 0) is 19.1 Å². The van der Waals surface area contributed by atoms with Crippen molar-refractivity contribution in [1.29, 1.82) is 0 Å². The number of amides is 2. The van der Waals surface area contributed by atoms with Gasteiger partial charge in [0.25, 0.3) is 0 Å². The van der Waals surface area contributed by atoms with Crippen LogP contribution in [0, 0.1) is 5.92 Å².